The van der Waals surface area contributed by atoms with E-state index in [1.54, 1.807) is 12.4 Å². The molecule has 0 fully saturated rings. The Hall–Kier alpha value is -2.86. The molecule has 0 atom stereocenters. The molecule has 6 nitrogen and oxygen atoms in total. The maximum atomic E-state index is 13.1. The Labute approximate surface area is 150 Å². The van der Waals surface area contributed by atoms with Crippen molar-refractivity contribution in [1.29, 1.82) is 0 Å². The van der Waals surface area contributed by atoms with Gasteiger partial charge in [-0.1, -0.05) is 26.0 Å². The molecule has 0 saturated carbocycles. The van der Waals surface area contributed by atoms with Gasteiger partial charge in [-0.05, 0) is 31.3 Å². The molecule has 0 unspecified atom stereocenters. The minimum Gasteiger partial charge on any atom is -0.453 e. The average molecular weight is 350 g/mol. The molecular formula is C20H22N4O2. The molecule has 0 bridgehead atoms. The molecule has 26 heavy (non-hydrogen) atoms. The summed E-state index contributed by atoms with van der Waals surface area (Å²) in [5.41, 5.74) is 3.38. The van der Waals surface area contributed by atoms with Crippen molar-refractivity contribution in [3.05, 3.63) is 46.9 Å². The molecule has 0 aliphatic rings. The van der Waals surface area contributed by atoms with Crippen LogP contribution in [0.1, 0.15) is 13.8 Å². The van der Waals surface area contributed by atoms with Crippen LogP contribution in [0.4, 0.5) is 5.69 Å². The number of nitrogens with zero attached hydrogens (tertiary/aromatic N) is 2. The van der Waals surface area contributed by atoms with Crippen LogP contribution in [0.15, 0.2) is 45.9 Å². The number of hydrogen-bond donors (Lipinski definition) is 2. The third kappa shape index (κ3) is 2.72. The fourth-order valence-electron chi connectivity index (χ4n) is 3.39. The average Bonchev–Trinajstić information content (AvgIpc) is 3.14. The van der Waals surface area contributed by atoms with Gasteiger partial charge in [-0.3, -0.25) is 4.79 Å². The lowest BCUT2D eigenvalue weighted by atomic mass is 10.1. The first-order valence-electron chi connectivity index (χ1n) is 9.00. The predicted octanol–water partition coefficient (Wildman–Crippen LogP) is 3.58. The smallest absolute Gasteiger partial charge is 0.202 e. The van der Waals surface area contributed by atoms with Gasteiger partial charge in [0.25, 0.3) is 0 Å². The van der Waals surface area contributed by atoms with Crippen molar-refractivity contribution in [2.75, 3.05) is 31.5 Å². The minimum absolute atomic E-state index is 0.0305. The Bertz CT molecular complexity index is 1130. The number of hydrogen-bond acceptors (Lipinski definition) is 5. The van der Waals surface area contributed by atoms with E-state index in [0.29, 0.717) is 27.5 Å². The van der Waals surface area contributed by atoms with Crippen LogP contribution in [0.5, 0.6) is 0 Å². The van der Waals surface area contributed by atoms with Crippen LogP contribution in [-0.4, -0.2) is 41.0 Å². The zero-order chi connectivity index (χ0) is 18.1. The Morgan fingerprint density at radius 3 is 2.85 bits per heavy atom. The van der Waals surface area contributed by atoms with Crippen molar-refractivity contribution in [3.8, 4) is 0 Å². The molecule has 2 aromatic heterocycles. The van der Waals surface area contributed by atoms with E-state index in [1.807, 2.05) is 24.3 Å². The van der Waals surface area contributed by atoms with Gasteiger partial charge in [0.1, 0.15) is 11.1 Å². The molecule has 2 N–H and O–H groups in total. The summed E-state index contributed by atoms with van der Waals surface area (Å²) < 4.78 is 6.08. The van der Waals surface area contributed by atoms with Gasteiger partial charge in [-0.25, -0.2) is 4.98 Å². The van der Waals surface area contributed by atoms with Gasteiger partial charge in [0.2, 0.25) is 5.43 Å². The predicted molar refractivity (Wildman–Crippen MR) is 106 cm³/mol. The van der Waals surface area contributed by atoms with Crippen molar-refractivity contribution in [2.24, 2.45) is 0 Å². The summed E-state index contributed by atoms with van der Waals surface area (Å²) in [5.74, 6) is 0. The van der Waals surface area contributed by atoms with Crippen LogP contribution in [-0.2, 0) is 0 Å². The lowest BCUT2D eigenvalue weighted by molar-refractivity contribution is 0.316. The standard InChI is InChI=1S/C20H22N4O2/c1-3-24(4-2)10-9-21-14-11-15-18(23-12-22-15)20-17(14)19(25)13-7-5-6-8-16(13)26-20/h5-8,11-12,21H,3-4,9-10H2,1-2H3,(H,22,23). The quantitative estimate of drug-likeness (QED) is 0.520. The normalized spacial score (nSPS) is 11.8. The van der Waals surface area contributed by atoms with Crippen molar-refractivity contribution in [2.45, 2.75) is 13.8 Å². The van der Waals surface area contributed by atoms with Crippen molar-refractivity contribution >= 4 is 38.7 Å². The van der Waals surface area contributed by atoms with E-state index in [4.69, 9.17) is 4.42 Å². The van der Waals surface area contributed by atoms with Crippen LogP contribution in [0.2, 0.25) is 0 Å². The first-order valence-corrected chi connectivity index (χ1v) is 9.00. The topological polar surface area (TPSA) is 74.2 Å². The monoisotopic (exact) mass is 350 g/mol. The SMILES string of the molecule is CCN(CC)CCNc1cc2[nH]cnc2c2oc3ccccc3c(=O)c12. The summed E-state index contributed by atoms with van der Waals surface area (Å²) in [6.07, 6.45) is 1.62. The fraction of sp³-hybridized carbons (Fsp3) is 0.300. The third-order valence-electron chi connectivity index (χ3n) is 4.88. The first kappa shape index (κ1) is 16.6. The maximum absolute atomic E-state index is 13.1. The summed E-state index contributed by atoms with van der Waals surface area (Å²) in [5, 5.41) is 4.57. The lowest BCUT2D eigenvalue weighted by Gasteiger charge is -2.19. The second-order valence-electron chi connectivity index (χ2n) is 6.31. The Morgan fingerprint density at radius 1 is 1.23 bits per heavy atom. The highest BCUT2D eigenvalue weighted by molar-refractivity contribution is 6.09. The molecule has 134 valence electrons. The van der Waals surface area contributed by atoms with E-state index in [1.165, 1.54) is 0 Å². The van der Waals surface area contributed by atoms with E-state index >= 15 is 0 Å². The Morgan fingerprint density at radius 2 is 2.04 bits per heavy atom. The van der Waals surface area contributed by atoms with Gasteiger partial charge in [0.15, 0.2) is 5.58 Å². The molecule has 0 aliphatic carbocycles. The van der Waals surface area contributed by atoms with E-state index in [0.717, 1.165) is 37.4 Å². The number of aromatic amines is 1. The number of H-pyrrole nitrogens is 1. The Balaban J connectivity index is 1.87. The van der Waals surface area contributed by atoms with Gasteiger partial charge in [-0.15, -0.1) is 0 Å². The third-order valence-corrected chi connectivity index (χ3v) is 4.88. The van der Waals surface area contributed by atoms with E-state index in [-0.39, 0.29) is 5.43 Å². The number of anilines is 1. The highest BCUT2D eigenvalue weighted by Gasteiger charge is 2.16. The second-order valence-corrected chi connectivity index (χ2v) is 6.31. The number of nitrogens with one attached hydrogen (secondary N) is 2. The fourth-order valence-corrected chi connectivity index (χ4v) is 3.39. The summed E-state index contributed by atoms with van der Waals surface area (Å²) in [6, 6.07) is 9.28. The number of likely N-dealkylation sites (N-methyl/N-ethyl adjacent to an activating group) is 1. The number of rotatable bonds is 6. The Kier molecular flexibility index (Phi) is 4.34. The molecule has 0 saturated heterocycles. The minimum atomic E-state index is -0.0305. The van der Waals surface area contributed by atoms with Gasteiger partial charge < -0.3 is 19.6 Å². The molecule has 2 heterocycles. The number of fused-ring (bicyclic) bond motifs is 4. The second kappa shape index (κ2) is 6.80. The maximum Gasteiger partial charge on any atom is 0.202 e. The van der Waals surface area contributed by atoms with Crippen molar-refractivity contribution < 1.29 is 4.42 Å². The van der Waals surface area contributed by atoms with E-state index in [9.17, 15) is 4.79 Å². The molecule has 4 rings (SSSR count). The molecule has 6 heteroatoms. The van der Waals surface area contributed by atoms with Crippen molar-refractivity contribution in [1.82, 2.24) is 14.9 Å². The van der Waals surface area contributed by atoms with Crippen molar-refractivity contribution in [3.63, 3.8) is 0 Å². The molecule has 0 spiro atoms. The van der Waals surface area contributed by atoms with Crippen LogP contribution < -0.4 is 10.7 Å². The highest BCUT2D eigenvalue weighted by atomic mass is 16.3. The zero-order valence-electron chi connectivity index (χ0n) is 15.0. The van der Waals surface area contributed by atoms with Gasteiger partial charge in [-0.2, -0.15) is 0 Å². The molecule has 0 aliphatic heterocycles. The van der Waals surface area contributed by atoms with Crippen LogP contribution in [0.3, 0.4) is 0 Å². The van der Waals surface area contributed by atoms with Crippen LogP contribution in [0.25, 0.3) is 33.0 Å². The number of aromatic nitrogens is 2. The number of benzene rings is 2. The summed E-state index contributed by atoms with van der Waals surface area (Å²) in [7, 11) is 0. The largest absolute Gasteiger partial charge is 0.453 e. The van der Waals surface area contributed by atoms with Gasteiger partial charge in [0.05, 0.1) is 28.3 Å². The molecule has 0 amide bonds. The lowest BCUT2D eigenvalue weighted by Crippen LogP contribution is -2.28. The molecule has 2 aromatic carbocycles. The van der Waals surface area contributed by atoms with Crippen LogP contribution in [0, 0.1) is 0 Å². The summed E-state index contributed by atoms with van der Waals surface area (Å²) in [6.45, 7) is 7.97. The molecular weight excluding hydrogens is 328 g/mol. The summed E-state index contributed by atoms with van der Waals surface area (Å²) in [4.78, 5) is 22.9. The zero-order valence-corrected chi connectivity index (χ0v) is 15.0. The summed E-state index contributed by atoms with van der Waals surface area (Å²) >= 11 is 0. The number of para-hydroxylation sites is 1. The van der Waals surface area contributed by atoms with Crippen LogP contribution >= 0.6 is 0 Å². The van der Waals surface area contributed by atoms with Gasteiger partial charge >= 0.3 is 0 Å². The highest BCUT2D eigenvalue weighted by Crippen LogP contribution is 2.30. The van der Waals surface area contributed by atoms with Gasteiger partial charge in [0, 0.05) is 13.1 Å². The molecule has 4 aromatic rings. The van der Waals surface area contributed by atoms with E-state index < -0.39 is 0 Å². The first-order chi connectivity index (χ1) is 12.7. The van der Waals surface area contributed by atoms with E-state index in [2.05, 4.69) is 34.0 Å². The number of imidazole rings is 1. The molecule has 0 radical (unpaired) electrons.